The standard InChI is InChI=1S/C14H20ClNO2/c1-11-6-7-12(15)10-13(11)14(18)16(2)8-4-3-5-9-17/h6-7,10,17H,3-5,8-9H2,1-2H3. The molecule has 1 aromatic carbocycles. The van der Waals surface area contributed by atoms with Gasteiger partial charge in [-0.05, 0) is 43.9 Å². The lowest BCUT2D eigenvalue weighted by Crippen LogP contribution is -2.28. The fourth-order valence-electron chi connectivity index (χ4n) is 1.77. The molecule has 0 radical (unpaired) electrons. The number of aliphatic hydroxyl groups is 1. The summed E-state index contributed by atoms with van der Waals surface area (Å²) in [4.78, 5) is 13.9. The molecule has 4 heteroatoms. The lowest BCUT2D eigenvalue weighted by atomic mass is 10.1. The van der Waals surface area contributed by atoms with Gasteiger partial charge in [0.05, 0.1) is 0 Å². The van der Waals surface area contributed by atoms with Crippen molar-refractivity contribution >= 4 is 17.5 Å². The topological polar surface area (TPSA) is 40.5 Å². The number of carbonyl (C=O) groups is 1. The van der Waals surface area contributed by atoms with E-state index in [-0.39, 0.29) is 12.5 Å². The van der Waals surface area contributed by atoms with E-state index in [0.29, 0.717) is 17.1 Å². The van der Waals surface area contributed by atoms with Crippen LogP contribution in [0.4, 0.5) is 0 Å². The van der Waals surface area contributed by atoms with E-state index in [9.17, 15) is 4.79 Å². The van der Waals surface area contributed by atoms with Crippen LogP contribution < -0.4 is 0 Å². The van der Waals surface area contributed by atoms with E-state index >= 15 is 0 Å². The average Bonchev–Trinajstić information content (AvgIpc) is 2.36. The number of amides is 1. The third-order valence-corrected chi connectivity index (χ3v) is 3.16. The number of aliphatic hydroxyl groups excluding tert-OH is 1. The summed E-state index contributed by atoms with van der Waals surface area (Å²) in [5, 5.41) is 9.27. The molecule has 0 aromatic heterocycles. The molecule has 0 saturated carbocycles. The highest BCUT2D eigenvalue weighted by Crippen LogP contribution is 2.17. The van der Waals surface area contributed by atoms with E-state index in [2.05, 4.69) is 0 Å². The van der Waals surface area contributed by atoms with Gasteiger partial charge in [-0.3, -0.25) is 4.79 Å². The molecule has 0 saturated heterocycles. The van der Waals surface area contributed by atoms with E-state index in [1.807, 2.05) is 13.0 Å². The molecule has 3 nitrogen and oxygen atoms in total. The molecular weight excluding hydrogens is 250 g/mol. The highest BCUT2D eigenvalue weighted by atomic mass is 35.5. The Morgan fingerprint density at radius 2 is 2.06 bits per heavy atom. The van der Waals surface area contributed by atoms with Crippen molar-refractivity contribution in [3.05, 3.63) is 34.3 Å². The molecule has 100 valence electrons. The van der Waals surface area contributed by atoms with Crippen LogP contribution in [0.15, 0.2) is 18.2 Å². The quantitative estimate of drug-likeness (QED) is 0.807. The van der Waals surface area contributed by atoms with Gasteiger partial charge in [-0.2, -0.15) is 0 Å². The molecular formula is C14H20ClNO2. The molecule has 0 bridgehead atoms. The monoisotopic (exact) mass is 269 g/mol. The van der Waals surface area contributed by atoms with Crippen LogP contribution in [-0.4, -0.2) is 36.1 Å². The summed E-state index contributed by atoms with van der Waals surface area (Å²) < 4.78 is 0. The fraction of sp³-hybridized carbons (Fsp3) is 0.500. The Bertz CT molecular complexity index is 407. The van der Waals surface area contributed by atoms with E-state index in [0.717, 1.165) is 24.8 Å². The molecule has 1 aromatic rings. The van der Waals surface area contributed by atoms with Crippen molar-refractivity contribution in [2.75, 3.05) is 20.2 Å². The highest BCUT2D eigenvalue weighted by Gasteiger charge is 2.13. The van der Waals surface area contributed by atoms with E-state index in [1.165, 1.54) is 0 Å². The third-order valence-electron chi connectivity index (χ3n) is 2.93. The van der Waals surface area contributed by atoms with Crippen LogP contribution in [0.25, 0.3) is 0 Å². The molecule has 0 aliphatic rings. The van der Waals surface area contributed by atoms with Crippen LogP contribution in [-0.2, 0) is 0 Å². The lowest BCUT2D eigenvalue weighted by molar-refractivity contribution is 0.0791. The number of nitrogens with zero attached hydrogens (tertiary/aromatic N) is 1. The first-order valence-electron chi connectivity index (χ1n) is 6.18. The summed E-state index contributed by atoms with van der Waals surface area (Å²) in [5.74, 6) is -0.000927. The van der Waals surface area contributed by atoms with Gasteiger partial charge in [-0.15, -0.1) is 0 Å². The van der Waals surface area contributed by atoms with Crippen molar-refractivity contribution in [3.63, 3.8) is 0 Å². The van der Waals surface area contributed by atoms with Crippen molar-refractivity contribution in [2.24, 2.45) is 0 Å². The van der Waals surface area contributed by atoms with E-state index in [4.69, 9.17) is 16.7 Å². The maximum atomic E-state index is 12.2. The molecule has 0 fully saturated rings. The highest BCUT2D eigenvalue weighted by molar-refractivity contribution is 6.31. The summed E-state index contributed by atoms with van der Waals surface area (Å²) in [6, 6.07) is 5.35. The van der Waals surface area contributed by atoms with Gasteiger partial charge in [0.1, 0.15) is 0 Å². The van der Waals surface area contributed by atoms with Crippen LogP contribution in [0.3, 0.4) is 0 Å². The minimum atomic E-state index is -0.000927. The largest absolute Gasteiger partial charge is 0.396 e. The number of unbranched alkanes of at least 4 members (excludes halogenated alkanes) is 2. The zero-order valence-corrected chi connectivity index (χ0v) is 11.7. The molecule has 1 N–H and O–H groups in total. The maximum Gasteiger partial charge on any atom is 0.253 e. The van der Waals surface area contributed by atoms with Crippen molar-refractivity contribution < 1.29 is 9.90 Å². The van der Waals surface area contributed by atoms with Gasteiger partial charge in [0.2, 0.25) is 0 Å². The Kier molecular flexibility index (Phi) is 6.16. The van der Waals surface area contributed by atoms with Gasteiger partial charge in [0, 0.05) is 30.8 Å². The first-order valence-corrected chi connectivity index (χ1v) is 6.56. The Hall–Kier alpha value is -1.06. The molecule has 1 rings (SSSR count). The van der Waals surface area contributed by atoms with Crippen LogP contribution in [0.5, 0.6) is 0 Å². The van der Waals surface area contributed by atoms with Gasteiger partial charge in [-0.1, -0.05) is 17.7 Å². The summed E-state index contributed by atoms with van der Waals surface area (Å²) in [6.45, 7) is 2.82. The van der Waals surface area contributed by atoms with Gasteiger partial charge in [-0.25, -0.2) is 0 Å². The Morgan fingerprint density at radius 3 is 2.72 bits per heavy atom. The normalized spacial score (nSPS) is 10.4. The number of carbonyl (C=O) groups excluding carboxylic acids is 1. The first kappa shape index (κ1) is 15.0. The van der Waals surface area contributed by atoms with Gasteiger partial charge in [0.15, 0.2) is 0 Å². The lowest BCUT2D eigenvalue weighted by Gasteiger charge is -2.18. The number of halogens is 1. The third kappa shape index (κ3) is 4.31. The second-order valence-corrected chi connectivity index (χ2v) is 4.91. The number of hydrogen-bond acceptors (Lipinski definition) is 2. The molecule has 0 aliphatic carbocycles. The minimum Gasteiger partial charge on any atom is -0.396 e. The summed E-state index contributed by atoms with van der Waals surface area (Å²) in [6.07, 6.45) is 2.63. The predicted molar refractivity (Wildman–Crippen MR) is 74.1 cm³/mol. The van der Waals surface area contributed by atoms with Crippen LogP contribution >= 0.6 is 11.6 Å². The molecule has 0 heterocycles. The molecule has 1 amide bonds. The Balaban J connectivity index is 2.60. The number of hydrogen-bond donors (Lipinski definition) is 1. The zero-order valence-electron chi connectivity index (χ0n) is 10.9. The van der Waals surface area contributed by atoms with Gasteiger partial charge in [0.25, 0.3) is 5.91 Å². The van der Waals surface area contributed by atoms with Crippen molar-refractivity contribution in [2.45, 2.75) is 26.2 Å². The zero-order chi connectivity index (χ0) is 13.5. The molecule has 18 heavy (non-hydrogen) atoms. The van der Waals surface area contributed by atoms with Crippen LogP contribution in [0.1, 0.15) is 35.2 Å². The summed E-state index contributed by atoms with van der Waals surface area (Å²) in [7, 11) is 1.79. The van der Waals surface area contributed by atoms with Crippen LogP contribution in [0.2, 0.25) is 5.02 Å². The summed E-state index contributed by atoms with van der Waals surface area (Å²) >= 11 is 5.91. The Morgan fingerprint density at radius 1 is 1.33 bits per heavy atom. The molecule has 0 unspecified atom stereocenters. The minimum absolute atomic E-state index is 0.000927. The van der Waals surface area contributed by atoms with Gasteiger partial charge >= 0.3 is 0 Å². The fourth-order valence-corrected chi connectivity index (χ4v) is 1.94. The number of benzene rings is 1. The Labute approximate surface area is 113 Å². The molecule has 0 spiro atoms. The molecule has 0 aliphatic heterocycles. The predicted octanol–water partition coefficient (Wildman–Crippen LogP) is 2.88. The van der Waals surface area contributed by atoms with Crippen LogP contribution in [0, 0.1) is 6.92 Å². The van der Waals surface area contributed by atoms with Crippen molar-refractivity contribution in [3.8, 4) is 0 Å². The second kappa shape index (κ2) is 7.39. The number of rotatable bonds is 6. The summed E-state index contributed by atoms with van der Waals surface area (Å²) in [5.41, 5.74) is 1.60. The smallest absolute Gasteiger partial charge is 0.253 e. The van der Waals surface area contributed by atoms with Gasteiger partial charge < -0.3 is 10.0 Å². The molecule has 0 atom stereocenters. The number of aryl methyl sites for hydroxylation is 1. The average molecular weight is 270 g/mol. The second-order valence-electron chi connectivity index (χ2n) is 4.47. The maximum absolute atomic E-state index is 12.2. The SMILES string of the molecule is Cc1ccc(Cl)cc1C(=O)N(C)CCCCCO. The first-order chi connectivity index (χ1) is 8.56. The van der Waals surface area contributed by atoms with Crippen molar-refractivity contribution in [1.82, 2.24) is 4.90 Å². The van der Waals surface area contributed by atoms with E-state index in [1.54, 1.807) is 24.1 Å². The van der Waals surface area contributed by atoms with Crippen molar-refractivity contribution in [1.29, 1.82) is 0 Å². The van der Waals surface area contributed by atoms with E-state index < -0.39 is 0 Å².